The summed E-state index contributed by atoms with van der Waals surface area (Å²) in [6, 6.07) is 0. The van der Waals surface area contributed by atoms with Gasteiger partial charge in [0.1, 0.15) is 6.54 Å². The van der Waals surface area contributed by atoms with Crippen LogP contribution in [0.1, 0.15) is 27.8 Å². The molecule has 0 atom stereocenters. The van der Waals surface area contributed by atoms with Gasteiger partial charge in [-0.05, 0) is 62.4 Å². The van der Waals surface area contributed by atoms with Crippen molar-refractivity contribution < 1.29 is 18.0 Å². The number of nitrogens with zero attached hydrogens (tertiary/aromatic N) is 3. The van der Waals surface area contributed by atoms with E-state index in [4.69, 9.17) is 0 Å². The molecule has 0 bridgehead atoms. The zero-order valence-electron chi connectivity index (χ0n) is 17.7. The molecule has 0 aliphatic carbocycles. The molecular formula is C20H29N3O4S2. The summed E-state index contributed by atoms with van der Waals surface area (Å²) in [5, 5.41) is 0. The highest BCUT2D eigenvalue weighted by Gasteiger charge is 2.34. The first-order chi connectivity index (χ1) is 13.6. The van der Waals surface area contributed by atoms with Crippen molar-refractivity contribution in [3.8, 4) is 0 Å². The smallest absolute Gasteiger partial charge is 0.243 e. The molecule has 2 aliphatic heterocycles. The zero-order valence-corrected chi connectivity index (χ0v) is 19.4. The number of amides is 2. The van der Waals surface area contributed by atoms with E-state index in [0.29, 0.717) is 29.6 Å². The van der Waals surface area contributed by atoms with Crippen LogP contribution in [0.15, 0.2) is 4.90 Å². The minimum absolute atomic E-state index is 0.0133. The lowest BCUT2D eigenvalue weighted by Gasteiger charge is -2.35. The number of sulfonamides is 1. The van der Waals surface area contributed by atoms with Crippen LogP contribution in [0.3, 0.4) is 0 Å². The molecule has 3 rings (SSSR count). The molecule has 160 valence electrons. The Morgan fingerprint density at radius 3 is 1.90 bits per heavy atom. The lowest BCUT2D eigenvalue weighted by molar-refractivity contribution is -0.138. The Morgan fingerprint density at radius 2 is 1.41 bits per heavy atom. The highest BCUT2D eigenvalue weighted by molar-refractivity contribution is 8.00. The van der Waals surface area contributed by atoms with Gasteiger partial charge in [0.05, 0.1) is 16.5 Å². The molecule has 0 spiro atoms. The molecule has 2 aliphatic rings. The Balaban J connectivity index is 1.74. The minimum atomic E-state index is -3.64. The molecule has 0 saturated carbocycles. The number of hydrogen-bond donors (Lipinski definition) is 0. The van der Waals surface area contributed by atoms with Crippen LogP contribution >= 0.6 is 11.8 Å². The summed E-state index contributed by atoms with van der Waals surface area (Å²) in [7, 11) is -3.64. The highest BCUT2D eigenvalue weighted by Crippen LogP contribution is 2.32. The molecule has 9 heteroatoms. The number of carbonyl (C=O) groups is 2. The minimum Gasteiger partial charge on any atom is -0.339 e. The summed E-state index contributed by atoms with van der Waals surface area (Å²) in [5.74, 6) is 0.838. The summed E-state index contributed by atoms with van der Waals surface area (Å²) in [6.45, 7) is 11.0. The predicted molar refractivity (Wildman–Crippen MR) is 115 cm³/mol. The van der Waals surface area contributed by atoms with E-state index in [1.807, 2.05) is 34.6 Å². The van der Waals surface area contributed by atoms with Crippen molar-refractivity contribution in [2.75, 3.05) is 44.4 Å². The number of benzene rings is 1. The normalized spacial score (nSPS) is 18.6. The van der Waals surface area contributed by atoms with E-state index in [-0.39, 0.29) is 31.4 Å². The zero-order chi connectivity index (χ0) is 21.5. The first-order valence-electron chi connectivity index (χ1n) is 9.76. The molecule has 0 radical (unpaired) electrons. The lowest BCUT2D eigenvalue weighted by atomic mass is 9.95. The second-order valence-electron chi connectivity index (χ2n) is 7.81. The number of hydrogen-bond acceptors (Lipinski definition) is 5. The molecule has 2 heterocycles. The number of rotatable bonds is 4. The van der Waals surface area contributed by atoms with Gasteiger partial charge >= 0.3 is 0 Å². The van der Waals surface area contributed by atoms with Crippen LogP contribution in [0, 0.1) is 34.6 Å². The Labute approximate surface area is 177 Å². The largest absolute Gasteiger partial charge is 0.339 e. The third-order valence-corrected chi connectivity index (χ3v) is 9.39. The number of thioether (sulfide) groups is 1. The predicted octanol–water partition coefficient (Wildman–Crippen LogP) is 1.59. The maximum absolute atomic E-state index is 13.4. The lowest BCUT2D eigenvalue weighted by Crippen LogP contribution is -2.52. The van der Waals surface area contributed by atoms with Crippen LogP contribution in [0.2, 0.25) is 0 Å². The van der Waals surface area contributed by atoms with E-state index in [0.717, 1.165) is 27.8 Å². The SMILES string of the molecule is Cc1c(C)c(C)c(S(=O)(=O)N2CCN(C(=O)CN3CSCC3=O)CC2)c(C)c1C. The van der Waals surface area contributed by atoms with E-state index in [1.165, 1.54) is 16.1 Å². The summed E-state index contributed by atoms with van der Waals surface area (Å²) < 4.78 is 28.3. The monoisotopic (exact) mass is 439 g/mol. The first-order valence-corrected chi connectivity index (χ1v) is 12.4. The third kappa shape index (κ3) is 4.04. The van der Waals surface area contributed by atoms with E-state index in [2.05, 4.69) is 0 Å². The first kappa shape index (κ1) is 22.1. The third-order valence-electron chi connectivity index (χ3n) is 6.27. The fraction of sp³-hybridized carbons (Fsp3) is 0.600. The van der Waals surface area contributed by atoms with E-state index < -0.39 is 10.0 Å². The number of piperazine rings is 1. The molecule has 2 fully saturated rings. The Kier molecular flexibility index (Phi) is 6.31. The quantitative estimate of drug-likeness (QED) is 0.712. The summed E-state index contributed by atoms with van der Waals surface area (Å²) in [5.41, 5.74) is 4.74. The van der Waals surface area contributed by atoms with Crippen molar-refractivity contribution in [2.24, 2.45) is 0 Å². The standard InChI is InChI=1S/C20H29N3O4S2/c1-13-14(2)16(4)20(17(5)15(13)3)29(26,27)23-8-6-21(7-9-23)18(24)10-22-12-28-11-19(22)25/h6-12H2,1-5H3. The molecule has 2 saturated heterocycles. The van der Waals surface area contributed by atoms with Crippen molar-refractivity contribution in [3.63, 3.8) is 0 Å². The Hall–Kier alpha value is -1.58. The molecule has 0 aromatic heterocycles. The molecule has 2 amide bonds. The van der Waals surface area contributed by atoms with Crippen molar-refractivity contribution in [2.45, 2.75) is 39.5 Å². The second kappa shape index (κ2) is 8.28. The van der Waals surface area contributed by atoms with Crippen LogP contribution < -0.4 is 0 Å². The van der Waals surface area contributed by atoms with Crippen molar-refractivity contribution in [1.82, 2.24) is 14.1 Å². The maximum atomic E-state index is 13.4. The summed E-state index contributed by atoms with van der Waals surface area (Å²) in [6.07, 6.45) is 0. The summed E-state index contributed by atoms with van der Waals surface area (Å²) in [4.78, 5) is 27.9. The fourth-order valence-corrected chi connectivity index (χ4v) is 6.85. The molecule has 1 aromatic carbocycles. The van der Waals surface area contributed by atoms with Crippen molar-refractivity contribution >= 4 is 33.6 Å². The van der Waals surface area contributed by atoms with Gasteiger partial charge in [-0.2, -0.15) is 4.31 Å². The van der Waals surface area contributed by atoms with Crippen LogP contribution in [-0.4, -0.2) is 78.7 Å². The fourth-order valence-electron chi connectivity index (χ4n) is 3.96. The van der Waals surface area contributed by atoms with Crippen LogP contribution in [0.4, 0.5) is 0 Å². The molecule has 7 nitrogen and oxygen atoms in total. The average Bonchev–Trinajstić information content (AvgIpc) is 3.09. The van der Waals surface area contributed by atoms with E-state index in [1.54, 1.807) is 9.80 Å². The average molecular weight is 440 g/mol. The molecule has 0 unspecified atom stereocenters. The van der Waals surface area contributed by atoms with Crippen LogP contribution in [0.25, 0.3) is 0 Å². The Morgan fingerprint density at radius 1 is 0.897 bits per heavy atom. The van der Waals surface area contributed by atoms with E-state index in [9.17, 15) is 18.0 Å². The van der Waals surface area contributed by atoms with E-state index >= 15 is 0 Å². The van der Waals surface area contributed by atoms with Gasteiger partial charge in [0.2, 0.25) is 21.8 Å². The van der Waals surface area contributed by atoms with Crippen LogP contribution in [0.5, 0.6) is 0 Å². The van der Waals surface area contributed by atoms with Crippen molar-refractivity contribution in [3.05, 3.63) is 27.8 Å². The van der Waals surface area contributed by atoms with Gasteiger partial charge in [0.25, 0.3) is 0 Å². The van der Waals surface area contributed by atoms with Gasteiger partial charge in [-0.1, -0.05) is 0 Å². The van der Waals surface area contributed by atoms with Gasteiger partial charge in [-0.3, -0.25) is 9.59 Å². The maximum Gasteiger partial charge on any atom is 0.243 e. The summed E-state index contributed by atoms with van der Waals surface area (Å²) >= 11 is 1.50. The van der Waals surface area contributed by atoms with Gasteiger partial charge in [-0.25, -0.2) is 8.42 Å². The number of carbonyl (C=O) groups excluding carboxylic acids is 2. The Bertz CT molecular complexity index is 922. The van der Waals surface area contributed by atoms with Gasteiger partial charge in [0, 0.05) is 26.2 Å². The molecule has 1 aromatic rings. The second-order valence-corrected chi connectivity index (χ2v) is 10.6. The van der Waals surface area contributed by atoms with Gasteiger partial charge in [0.15, 0.2) is 0 Å². The highest BCUT2D eigenvalue weighted by atomic mass is 32.2. The van der Waals surface area contributed by atoms with Crippen LogP contribution in [-0.2, 0) is 19.6 Å². The van der Waals surface area contributed by atoms with Gasteiger partial charge < -0.3 is 9.80 Å². The molecular weight excluding hydrogens is 410 g/mol. The van der Waals surface area contributed by atoms with Gasteiger partial charge in [-0.15, -0.1) is 11.8 Å². The molecule has 29 heavy (non-hydrogen) atoms. The van der Waals surface area contributed by atoms with Crippen molar-refractivity contribution in [1.29, 1.82) is 0 Å². The molecule has 0 N–H and O–H groups in total. The topological polar surface area (TPSA) is 78.0 Å².